The summed E-state index contributed by atoms with van der Waals surface area (Å²) in [6, 6.07) is 15.8. The number of hydrogen-bond acceptors (Lipinski definition) is 6. The Morgan fingerprint density at radius 3 is 2.68 bits per heavy atom. The smallest absolute Gasteiger partial charge is 0.291 e. The molecule has 1 N–H and O–H groups in total. The van der Waals surface area contributed by atoms with Gasteiger partial charge in [-0.2, -0.15) is 0 Å². The number of hydrogen-bond donors (Lipinski definition) is 1. The van der Waals surface area contributed by atoms with Gasteiger partial charge in [-0.1, -0.05) is 6.07 Å². The molecule has 4 rings (SSSR count). The highest BCUT2D eigenvalue weighted by Gasteiger charge is 2.15. The molecule has 0 atom stereocenters. The average molecular weight is 381 g/mol. The van der Waals surface area contributed by atoms with Crippen LogP contribution in [0, 0.1) is 0 Å². The van der Waals surface area contributed by atoms with Gasteiger partial charge in [0, 0.05) is 17.8 Å². The zero-order valence-electron chi connectivity index (χ0n) is 15.3. The van der Waals surface area contributed by atoms with E-state index in [1.807, 2.05) is 18.2 Å². The average Bonchev–Trinajstić information content (AvgIpc) is 3.21. The van der Waals surface area contributed by atoms with Gasteiger partial charge in [0.2, 0.25) is 0 Å². The van der Waals surface area contributed by atoms with Crippen molar-refractivity contribution >= 4 is 11.6 Å². The first kappa shape index (κ1) is 17.8. The van der Waals surface area contributed by atoms with Crippen LogP contribution in [0.5, 0.6) is 23.0 Å². The van der Waals surface area contributed by atoms with E-state index in [0.29, 0.717) is 47.7 Å². The van der Waals surface area contributed by atoms with Gasteiger partial charge in [-0.15, -0.1) is 0 Å². The molecule has 3 aromatic rings. The maximum absolute atomic E-state index is 12.4. The lowest BCUT2D eigenvalue weighted by Gasteiger charge is -2.18. The van der Waals surface area contributed by atoms with E-state index in [4.69, 9.17) is 23.4 Å². The van der Waals surface area contributed by atoms with Crippen LogP contribution in [0.25, 0.3) is 0 Å². The Kier molecular flexibility index (Phi) is 5.05. The largest absolute Gasteiger partial charge is 0.497 e. The lowest BCUT2D eigenvalue weighted by Crippen LogP contribution is -2.16. The summed E-state index contributed by atoms with van der Waals surface area (Å²) in [7, 11) is 1.60. The lowest BCUT2D eigenvalue weighted by atomic mass is 10.2. The molecular weight excluding hydrogens is 362 g/mol. The Bertz CT molecular complexity index is 981. The molecule has 1 aliphatic heterocycles. The summed E-state index contributed by atoms with van der Waals surface area (Å²) in [5.41, 5.74) is 0.597. The predicted molar refractivity (Wildman–Crippen MR) is 101 cm³/mol. The van der Waals surface area contributed by atoms with Crippen LogP contribution in [0.2, 0.25) is 0 Å². The second-order valence-corrected chi connectivity index (χ2v) is 6.05. The highest BCUT2D eigenvalue weighted by molar-refractivity contribution is 6.02. The summed E-state index contributed by atoms with van der Waals surface area (Å²) in [4.78, 5) is 12.4. The third kappa shape index (κ3) is 4.03. The number of fused-ring (bicyclic) bond motifs is 1. The van der Waals surface area contributed by atoms with E-state index in [0.717, 1.165) is 0 Å². The zero-order chi connectivity index (χ0) is 19.3. The molecule has 7 nitrogen and oxygen atoms in total. The fourth-order valence-corrected chi connectivity index (χ4v) is 2.74. The Labute approximate surface area is 161 Å². The number of rotatable bonds is 6. The fourth-order valence-electron chi connectivity index (χ4n) is 2.74. The normalized spacial score (nSPS) is 12.3. The SMILES string of the molecule is COc1cccc(OCc2ccc(C(=O)Nc3ccc4c(c3)OCCO4)o2)c1. The monoisotopic (exact) mass is 381 g/mol. The molecule has 1 amide bonds. The first-order valence-corrected chi connectivity index (χ1v) is 8.78. The van der Waals surface area contributed by atoms with Gasteiger partial charge in [-0.05, 0) is 36.4 Å². The number of carbonyl (C=O) groups excluding carboxylic acids is 1. The molecule has 0 unspecified atom stereocenters. The molecule has 0 bridgehead atoms. The molecule has 0 fully saturated rings. The maximum atomic E-state index is 12.4. The molecule has 1 aliphatic rings. The number of anilines is 1. The quantitative estimate of drug-likeness (QED) is 0.698. The molecule has 28 heavy (non-hydrogen) atoms. The number of benzene rings is 2. The van der Waals surface area contributed by atoms with Crippen molar-refractivity contribution in [2.75, 3.05) is 25.6 Å². The Morgan fingerprint density at radius 1 is 1.00 bits per heavy atom. The summed E-state index contributed by atoms with van der Waals surface area (Å²) in [5.74, 6) is 3.00. The van der Waals surface area contributed by atoms with Gasteiger partial charge in [0.25, 0.3) is 5.91 Å². The summed E-state index contributed by atoms with van der Waals surface area (Å²) >= 11 is 0. The second-order valence-electron chi connectivity index (χ2n) is 6.05. The summed E-state index contributed by atoms with van der Waals surface area (Å²) in [6.07, 6.45) is 0. The Hall–Kier alpha value is -3.61. The fraction of sp³-hybridized carbons (Fsp3) is 0.190. The van der Waals surface area contributed by atoms with Crippen molar-refractivity contribution in [1.29, 1.82) is 0 Å². The number of methoxy groups -OCH3 is 1. The van der Waals surface area contributed by atoms with E-state index in [-0.39, 0.29) is 18.3 Å². The molecule has 0 radical (unpaired) electrons. The van der Waals surface area contributed by atoms with Gasteiger partial charge >= 0.3 is 0 Å². The summed E-state index contributed by atoms with van der Waals surface area (Å²) in [6.45, 7) is 1.20. The third-order valence-corrected chi connectivity index (χ3v) is 4.11. The number of nitrogens with one attached hydrogen (secondary N) is 1. The first-order chi connectivity index (χ1) is 13.7. The van der Waals surface area contributed by atoms with Gasteiger partial charge in [0.1, 0.15) is 37.1 Å². The van der Waals surface area contributed by atoms with Crippen LogP contribution < -0.4 is 24.3 Å². The Morgan fingerprint density at radius 2 is 1.82 bits per heavy atom. The molecule has 7 heteroatoms. The zero-order valence-corrected chi connectivity index (χ0v) is 15.3. The molecule has 0 aliphatic carbocycles. The van der Waals surface area contributed by atoms with Crippen LogP contribution in [0.3, 0.4) is 0 Å². The molecule has 2 aromatic carbocycles. The van der Waals surface area contributed by atoms with E-state index < -0.39 is 0 Å². The van der Waals surface area contributed by atoms with Crippen molar-refractivity contribution in [3.8, 4) is 23.0 Å². The minimum atomic E-state index is -0.357. The van der Waals surface area contributed by atoms with Crippen molar-refractivity contribution < 1.29 is 28.2 Å². The second kappa shape index (κ2) is 7.96. The molecule has 0 saturated heterocycles. The number of amides is 1. The molecule has 144 valence electrons. The minimum Gasteiger partial charge on any atom is -0.497 e. The number of carbonyl (C=O) groups is 1. The van der Waals surface area contributed by atoms with Crippen LogP contribution in [0.1, 0.15) is 16.3 Å². The maximum Gasteiger partial charge on any atom is 0.291 e. The summed E-state index contributed by atoms with van der Waals surface area (Å²) in [5, 5.41) is 2.78. The van der Waals surface area contributed by atoms with E-state index >= 15 is 0 Å². The van der Waals surface area contributed by atoms with Crippen LogP contribution in [-0.4, -0.2) is 26.2 Å². The topological polar surface area (TPSA) is 79.2 Å². The highest BCUT2D eigenvalue weighted by atomic mass is 16.6. The standard InChI is InChI=1S/C21H19NO6/c1-24-15-3-2-4-16(12-15)27-13-17-6-8-19(28-17)21(23)22-14-5-7-18-20(11-14)26-10-9-25-18/h2-8,11-12H,9-10,13H2,1H3,(H,22,23). The van der Waals surface area contributed by atoms with E-state index in [9.17, 15) is 4.79 Å². The van der Waals surface area contributed by atoms with Crippen molar-refractivity contribution in [3.63, 3.8) is 0 Å². The van der Waals surface area contributed by atoms with Gasteiger partial charge in [-0.25, -0.2) is 0 Å². The highest BCUT2D eigenvalue weighted by Crippen LogP contribution is 2.32. The van der Waals surface area contributed by atoms with Gasteiger partial charge in [0.15, 0.2) is 17.3 Å². The van der Waals surface area contributed by atoms with Crippen LogP contribution >= 0.6 is 0 Å². The van der Waals surface area contributed by atoms with E-state index in [2.05, 4.69) is 5.32 Å². The predicted octanol–water partition coefficient (Wildman–Crippen LogP) is 3.89. The van der Waals surface area contributed by atoms with E-state index in [1.54, 1.807) is 43.5 Å². The van der Waals surface area contributed by atoms with Crippen LogP contribution in [0.4, 0.5) is 5.69 Å². The molecule has 2 heterocycles. The van der Waals surface area contributed by atoms with E-state index in [1.165, 1.54) is 0 Å². The molecular formula is C21H19NO6. The number of furan rings is 1. The van der Waals surface area contributed by atoms with Gasteiger partial charge in [-0.3, -0.25) is 4.79 Å². The first-order valence-electron chi connectivity index (χ1n) is 8.78. The van der Waals surface area contributed by atoms with Gasteiger partial charge < -0.3 is 28.7 Å². The summed E-state index contributed by atoms with van der Waals surface area (Å²) < 4.78 is 27.4. The van der Waals surface area contributed by atoms with Crippen molar-refractivity contribution in [1.82, 2.24) is 0 Å². The molecule has 0 saturated carbocycles. The Balaban J connectivity index is 1.37. The third-order valence-electron chi connectivity index (χ3n) is 4.11. The van der Waals surface area contributed by atoms with Gasteiger partial charge in [0.05, 0.1) is 7.11 Å². The van der Waals surface area contributed by atoms with Crippen molar-refractivity contribution in [3.05, 3.63) is 66.1 Å². The van der Waals surface area contributed by atoms with Crippen LogP contribution in [-0.2, 0) is 6.61 Å². The van der Waals surface area contributed by atoms with Crippen molar-refractivity contribution in [2.45, 2.75) is 6.61 Å². The number of ether oxygens (including phenoxy) is 4. The van der Waals surface area contributed by atoms with Crippen molar-refractivity contribution in [2.24, 2.45) is 0 Å². The molecule has 1 aromatic heterocycles. The molecule has 0 spiro atoms. The lowest BCUT2D eigenvalue weighted by molar-refractivity contribution is 0.0992. The minimum absolute atomic E-state index is 0.194. The van der Waals surface area contributed by atoms with Crippen LogP contribution in [0.15, 0.2) is 59.0 Å².